The molecule has 0 fully saturated rings. The summed E-state index contributed by atoms with van der Waals surface area (Å²) >= 11 is 0. The Morgan fingerprint density at radius 1 is 1.00 bits per heavy atom. The van der Waals surface area contributed by atoms with Gasteiger partial charge in [-0.2, -0.15) is 0 Å². The molecular weight excluding hydrogens is 569 g/mol. The molecule has 7 nitrogen and oxygen atoms in total. The van der Waals surface area contributed by atoms with Crippen molar-refractivity contribution < 1.29 is 27.8 Å². The summed E-state index contributed by atoms with van der Waals surface area (Å²) in [5.41, 5.74) is 2.14. The molecule has 5 rings (SSSR count). The first-order chi connectivity index (χ1) is 20.9. The number of halogens is 3. The van der Waals surface area contributed by atoms with E-state index >= 15 is 8.78 Å². The predicted octanol–water partition coefficient (Wildman–Crippen LogP) is 7.25. The van der Waals surface area contributed by atoms with E-state index in [0.717, 1.165) is 17.7 Å². The van der Waals surface area contributed by atoms with E-state index in [0.29, 0.717) is 29.0 Å². The number of aromatic carboxylic acids is 1. The van der Waals surface area contributed by atoms with E-state index in [-0.39, 0.29) is 34.9 Å². The van der Waals surface area contributed by atoms with Crippen molar-refractivity contribution in [3.8, 4) is 17.1 Å². The van der Waals surface area contributed by atoms with Gasteiger partial charge in [0.25, 0.3) is 0 Å². The van der Waals surface area contributed by atoms with Crippen LogP contribution in [0.3, 0.4) is 0 Å². The van der Waals surface area contributed by atoms with Gasteiger partial charge in [0.1, 0.15) is 29.9 Å². The highest BCUT2D eigenvalue weighted by atomic mass is 19.1. The first kappa shape index (κ1) is 30.7. The summed E-state index contributed by atoms with van der Waals surface area (Å²) in [5.74, 6) is -2.88. The molecule has 2 aromatic heterocycles. The second kappa shape index (κ2) is 12.1. The van der Waals surface area contributed by atoms with Crippen LogP contribution in [0.15, 0.2) is 66.7 Å². The van der Waals surface area contributed by atoms with E-state index in [2.05, 4.69) is 10.3 Å². The number of rotatable bonds is 10. The van der Waals surface area contributed by atoms with Crippen molar-refractivity contribution in [2.75, 3.05) is 7.05 Å². The molecule has 2 heterocycles. The van der Waals surface area contributed by atoms with Gasteiger partial charge in [0, 0.05) is 40.8 Å². The van der Waals surface area contributed by atoms with Gasteiger partial charge in [-0.1, -0.05) is 25.1 Å². The van der Waals surface area contributed by atoms with Gasteiger partial charge in [0.05, 0.1) is 22.3 Å². The molecule has 10 heteroatoms. The van der Waals surface area contributed by atoms with Crippen LogP contribution in [0.25, 0.3) is 22.3 Å². The third kappa shape index (κ3) is 6.30. The van der Waals surface area contributed by atoms with E-state index < -0.39 is 34.9 Å². The highest BCUT2D eigenvalue weighted by Gasteiger charge is 2.27. The minimum atomic E-state index is -1.07. The number of ether oxygens (including phenoxy) is 1. The molecule has 1 atom stereocenters. The zero-order valence-corrected chi connectivity index (χ0v) is 25.1. The van der Waals surface area contributed by atoms with E-state index in [4.69, 9.17) is 9.72 Å². The molecule has 44 heavy (non-hydrogen) atoms. The van der Waals surface area contributed by atoms with Gasteiger partial charge in [-0.05, 0) is 75.8 Å². The number of carboxylic acids is 1. The number of hydrogen-bond acceptors (Lipinski definition) is 5. The number of imidazole rings is 1. The lowest BCUT2D eigenvalue weighted by Crippen LogP contribution is -2.41. The Bertz CT molecular complexity index is 1870. The van der Waals surface area contributed by atoms with E-state index in [1.54, 1.807) is 56.3 Å². The average Bonchev–Trinajstić information content (AvgIpc) is 3.34. The Morgan fingerprint density at radius 3 is 2.48 bits per heavy atom. The lowest BCUT2D eigenvalue weighted by atomic mass is 9.96. The van der Waals surface area contributed by atoms with Gasteiger partial charge in [-0.15, -0.1) is 0 Å². The van der Waals surface area contributed by atoms with Gasteiger partial charge in [0.2, 0.25) is 5.88 Å². The van der Waals surface area contributed by atoms with Crippen LogP contribution in [0.5, 0.6) is 5.88 Å². The van der Waals surface area contributed by atoms with Crippen LogP contribution in [0, 0.1) is 24.4 Å². The van der Waals surface area contributed by atoms with Crippen molar-refractivity contribution >= 4 is 17.0 Å². The summed E-state index contributed by atoms with van der Waals surface area (Å²) < 4.78 is 53.1. The van der Waals surface area contributed by atoms with Crippen molar-refractivity contribution in [1.29, 1.82) is 0 Å². The standard InChI is InChI=1S/C34H33F3N4O3/c1-19-9-10-22(25(35)13-19)17-44-31-8-6-7-28(39-31)24-16-26(36)23(15-27(24)37)20(2)32-40-29-12-11-21(33(42)43)14-30(29)41(32)18-34(3,4)38-5/h6-16,20,38H,17-18H2,1-5H3,(H,42,43). The van der Waals surface area contributed by atoms with Crippen molar-refractivity contribution in [3.05, 3.63) is 112 Å². The predicted molar refractivity (Wildman–Crippen MR) is 162 cm³/mol. The molecule has 5 aromatic rings. The van der Waals surface area contributed by atoms with Gasteiger partial charge >= 0.3 is 5.97 Å². The largest absolute Gasteiger partial charge is 0.478 e. The average molecular weight is 603 g/mol. The molecule has 0 aliphatic carbocycles. The summed E-state index contributed by atoms with van der Waals surface area (Å²) in [7, 11) is 1.81. The maximum Gasteiger partial charge on any atom is 0.335 e. The number of benzene rings is 3. The molecule has 1 unspecified atom stereocenters. The van der Waals surface area contributed by atoms with Gasteiger partial charge in [0.15, 0.2) is 0 Å². The topological polar surface area (TPSA) is 89.3 Å². The van der Waals surface area contributed by atoms with E-state index in [1.807, 2.05) is 25.5 Å². The summed E-state index contributed by atoms with van der Waals surface area (Å²) in [6.07, 6.45) is 0. The molecule has 0 amide bonds. The number of pyridine rings is 1. The van der Waals surface area contributed by atoms with E-state index in [1.165, 1.54) is 12.1 Å². The molecule has 2 N–H and O–H groups in total. The van der Waals surface area contributed by atoms with Crippen molar-refractivity contribution in [2.45, 2.75) is 52.3 Å². The number of nitrogens with zero attached hydrogens (tertiary/aromatic N) is 3. The fourth-order valence-corrected chi connectivity index (χ4v) is 5.04. The number of nitrogens with one attached hydrogen (secondary N) is 1. The fourth-order valence-electron chi connectivity index (χ4n) is 5.04. The molecule has 0 aliphatic heterocycles. The van der Waals surface area contributed by atoms with Crippen LogP contribution in [0.2, 0.25) is 0 Å². The third-order valence-corrected chi connectivity index (χ3v) is 7.78. The Balaban J connectivity index is 1.48. The Morgan fingerprint density at radius 2 is 1.77 bits per heavy atom. The summed E-state index contributed by atoms with van der Waals surface area (Å²) in [6, 6.07) is 16.4. The van der Waals surface area contributed by atoms with Crippen molar-refractivity contribution in [1.82, 2.24) is 19.9 Å². The summed E-state index contributed by atoms with van der Waals surface area (Å²) in [4.78, 5) is 20.7. The van der Waals surface area contributed by atoms with Crippen molar-refractivity contribution in [3.63, 3.8) is 0 Å². The minimum absolute atomic E-state index is 0.0543. The Hall–Kier alpha value is -4.70. The lowest BCUT2D eigenvalue weighted by molar-refractivity contribution is 0.0697. The summed E-state index contributed by atoms with van der Waals surface area (Å²) in [5, 5.41) is 12.8. The highest BCUT2D eigenvalue weighted by Crippen LogP contribution is 2.34. The first-order valence-electron chi connectivity index (χ1n) is 14.1. The van der Waals surface area contributed by atoms with Crippen LogP contribution < -0.4 is 10.1 Å². The minimum Gasteiger partial charge on any atom is -0.478 e. The Kier molecular flexibility index (Phi) is 8.47. The smallest absolute Gasteiger partial charge is 0.335 e. The quantitative estimate of drug-likeness (QED) is 0.175. The third-order valence-electron chi connectivity index (χ3n) is 7.78. The fraction of sp³-hybridized carbons (Fsp3) is 0.265. The van der Waals surface area contributed by atoms with Gasteiger partial charge < -0.3 is 19.7 Å². The molecule has 0 bridgehead atoms. The molecular formula is C34H33F3N4O3. The van der Waals surface area contributed by atoms with Crippen LogP contribution >= 0.6 is 0 Å². The first-order valence-corrected chi connectivity index (χ1v) is 14.1. The zero-order valence-electron chi connectivity index (χ0n) is 25.1. The lowest BCUT2D eigenvalue weighted by Gasteiger charge is -2.27. The number of carbonyl (C=O) groups is 1. The van der Waals surface area contributed by atoms with Crippen LogP contribution in [0.1, 0.15) is 59.6 Å². The number of aromatic nitrogens is 3. The molecule has 0 saturated heterocycles. The molecule has 0 saturated carbocycles. The normalized spacial score (nSPS) is 12.5. The van der Waals surface area contributed by atoms with E-state index in [9.17, 15) is 14.3 Å². The Labute approximate surface area is 253 Å². The van der Waals surface area contributed by atoms with Crippen LogP contribution in [-0.4, -0.2) is 38.2 Å². The second-order valence-corrected chi connectivity index (χ2v) is 11.5. The molecule has 3 aromatic carbocycles. The maximum absolute atomic E-state index is 15.8. The van der Waals surface area contributed by atoms with Gasteiger partial charge in [-0.25, -0.2) is 27.9 Å². The number of likely N-dealkylation sites (N-methyl/N-ethyl adjacent to an activating group) is 1. The number of hydrogen-bond donors (Lipinski definition) is 2. The summed E-state index contributed by atoms with van der Waals surface area (Å²) in [6.45, 7) is 7.80. The van der Waals surface area contributed by atoms with Crippen molar-refractivity contribution in [2.24, 2.45) is 0 Å². The number of fused-ring (bicyclic) bond motifs is 1. The molecule has 228 valence electrons. The number of aryl methyl sites for hydroxylation is 1. The molecule has 0 spiro atoms. The SMILES string of the molecule is CNC(C)(C)Cn1c(C(C)c2cc(F)c(-c3cccc(OCc4ccc(C)cc4F)n3)cc2F)nc2ccc(C(=O)O)cc21. The molecule has 0 aliphatic rings. The second-order valence-electron chi connectivity index (χ2n) is 11.5. The molecule has 0 radical (unpaired) electrons. The number of carboxylic acid groups (broad SMARTS) is 1. The van der Waals surface area contributed by atoms with Crippen LogP contribution in [-0.2, 0) is 13.2 Å². The highest BCUT2D eigenvalue weighted by molar-refractivity contribution is 5.92. The zero-order chi connectivity index (χ0) is 31.8. The van der Waals surface area contributed by atoms with Crippen LogP contribution in [0.4, 0.5) is 13.2 Å². The van der Waals surface area contributed by atoms with Gasteiger partial charge in [-0.3, -0.25) is 0 Å². The monoisotopic (exact) mass is 602 g/mol. The maximum atomic E-state index is 15.8.